The number of ether oxygens (including phenoxy) is 1. The lowest BCUT2D eigenvalue weighted by molar-refractivity contribution is 0.101. The van der Waals surface area contributed by atoms with Gasteiger partial charge < -0.3 is 4.74 Å². The van der Waals surface area contributed by atoms with Crippen LogP contribution >= 0.6 is 0 Å². The van der Waals surface area contributed by atoms with Crippen LogP contribution in [0, 0.1) is 0 Å². The van der Waals surface area contributed by atoms with Crippen LogP contribution in [-0.4, -0.2) is 12.9 Å². The van der Waals surface area contributed by atoms with E-state index in [1.54, 1.807) is 20.1 Å². The molecule has 0 atom stereocenters. The number of aryl methyl sites for hydroxylation is 1. The van der Waals surface area contributed by atoms with Gasteiger partial charge in [-0.1, -0.05) is 6.92 Å². The van der Waals surface area contributed by atoms with Crippen molar-refractivity contribution >= 4 is 5.78 Å². The van der Waals surface area contributed by atoms with Crippen LogP contribution in [0.5, 0.6) is 5.75 Å². The van der Waals surface area contributed by atoms with Gasteiger partial charge in [0.15, 0.2) is 5.78 Å². The fourth-order valence-corrected chi connectivity index (χ4v) is 1.19. The molecule has 0 fully saturated rings. The molecular weight excluding hydrogens is 164 g/mol. The second kappa shape index (κ2) is 4.08. The molecule has 0 amide bonds. The summed E-state index contributed by atoms with van der Waals surface area (Å²) in [5.74, 6) is 0.832. The summed E-state index contributed by atoms with van der Waals surface area (Å²) in [7, 11) is 1.61. The molecule has 70 valence electrons. The number of hydrogen-bond acceptors (Lipinski definition) is 2. The monoisotopic (exact) mass is 178 g/mol. The van der Waals surface area contributed by atoms with Gasteiger partial charge in [0.2, 0.25) is 0 Å². The fraction of sp³-hybridized carbons (Fsp3) is 0.364. The van der Waals surface area contributed by atoms with E-state index in [9.17, 15) is 4.79 Å². The summed E-state index contributed by atoms with van der Waals surface area (Å²) in [6.07, 6.45) is 0.914. The van der Waals surface area contributed by atoms with Crippen LogP contribution in [0.1, 0.15) is 29.8 Å². The van der Waals surface area contributed by atoms with E-state index in [4.69, 9.17) is 4.74 Å². The van der Waals surface area contributed by atoms with Crippen molar-refractivity contribution in [3.63, 3.8) is 0 Å². The summed E-state index contributed by atoms with van der Waals surface area (Å²) < 4.78 is 5.10. The molecule has 0 spiro atoms. The predicted octanol–water partition coefficient (Wildman–Crippen LogP) is 2.46. The first kappa shape index (κ1) is 9.78. The van der Waals surface area contributed by atoms with E-state index in [0.717, 1.165) is 23.3 Å². The van der Waals surface area contributed by atoms with Gasteiger partial charge in [0.25, 0.3) is 0 Å². The lowest BCUT2D eigenvalue weighted by Gasteiger charge is -2.05. The Kier molecular flexibility index (Phi) is 3.07. The maximum Gasteiger partial charge on any atom is 0.159 e. The second-order valence-electron chi connectivity index (χ2n) is 2.98. The number of carbonyl (C=O) groups is 1. The third-order valence-electron chi connectivity index (χ3n) is 2.02. The summed E-state index contributed by atoms with van der Waals surface area (Å²) in [6.45, 7) is 3.62. The Balaban J connectivity index is 3.14. The highest BCUT2D eigenvalue weighted by Crippen LogP contribution is 2.17. The smallest absolute Gasteiger partial charge is 0.159 e. The molecule has 1 aromatic rings. The molecule has 2 nitrogen and oxygen atoms in total. The lowest BCUT2D eigenvalue weighted by Crippen LogP contribution is -1.95. The number of ketones is 1. The van der Waals surface area contributed by atoms with E-state index < -0.39 is 0 Å². The van der Waals surface area contributed by atoms with E-state index in [2.05, 4.69) is 6.92 Å². The van der Waals surface area contributed by atoms with Gasteiger partial charge in [-0.05, 0) is 37.1 Å². The highest BCUT2D eigenvalue weighted by atomic mass is 16.5. The largest absolute Gasteiger partial charge is 0.497 e. The molecule has 13 heavy (non-hydrogen) atoms. The van der Waals surface area contributed by atoms with Gasteiger partial charge in [0.1, 0.15) is 5.75 Å². The summed E-state index contributed by atoms with van der Waals surface area (Å²) in [4.78, 5) is 11.1. The molecule has 0 saturated carbocycles. The Morgan fingerprint density at radius 1 is 1.38 bits per heavy atom. The maximum absolute atomic E-state index is 11.1. The van der Waals surface area contributed by atoms with Crippen molar-refractivity contribution in [1.29, 1.82) is 0 Å². The molecule has 1 rings (SSSR count). The van der Waals surface area contributed by atoms with Crippen LogP contribution < -0.4 is 4.74 Å². The molecule has 0 bridgehead atoms. The third-order valence-corrected chi connectivity index (χ3v) is 2.02. The molecule has 2 heteroatoms. The average molecular weight is 178 g/mol. The molecule has 0 aliphatic carbocycles. The Hall–Kier alpha value is -1.31. The minimum Gasteiger partial charge on any atom is -0.497 e. The van der Waals surface area contributed by atoms with Crippen LogP contribution in [0.4, 0.5) is 0 Å². The standard InChI is InChI=1S/C11H14O2/c1-4-9-5-10(8(2)12)7-11(6-9)13-3/h5-7H,4H2,1-3H3. The second-order valence-corrected chi connectivity index (χ2v) is 2.98. The maximum atomic E-state index is 11.1. The number of carbonyl (C=O) groups excluding carboxylic acids is 1. The van der Waals surface area contributed by atoms with Gasteiger partial charge in [0.05, 0.1) is 7.11 Å². The van der Waals surface area contributed by atoms with Gasteiger partial charge in [0, 0.05) is 5.56 Å². The van der Waals surface area contributed by atoms with E-state index in [-0.39, 0.29) is 5.78 Å². The molecule has 0 radical (unpaired) electrons. The van der Waals surface area contributed by atoms with Gasteiger partial charge in [-0.15, -0.1) is 0 Å². The molecule has 0 N–H and O–H groups in total. The van der Waals surface area contributed by atoms with Crippen LogP contribution in [0.2, 0.25) is 0 Å². The number of benzene rings is 1. The zero-order valence-corrected chi connectivity index (χ0v) is 8.26. The minimum absolute atomic E-state index is 0.0774. The van der Waals surface area contributed by atoms with Crippen molar-refractivity contribution in [2.24, 2.45) is 0 Å². The predicted molar refractivity (Wildman–Crippen MR) is 52.4 cm³/mol. The molecule has 0 saturated heterocycles. The van der Waals surface area contributed by atoms with Crippen LogP contribution in [-0.2, 0) is 6.42 Å². The highest BCUT2D eigenvalue weighted by molar-refractivity contribution is 5.94. The molecule has 0 unspecified atom stereocenters. The summed E-state index contributed by atoms with van der Waals surface area (Å²) in [5, 5.41) is 0. The van der Waals surface area contributed by atoms with E-state index in [1.165, 1.54) is 0 Å². The van der Waals surface area contributed by atoms with Crippen LogP contribution in [0.3, 0.4) is 0 Å². The van der Waals surface area contributed by atoms with Gasteiger partial charge in [-0.25, -0.2) is 0 Å². The highest BCUT2D eigenvalue weighted by Gasteiger charge is 2.03. The Labute approximate surface area is 78.5 Å². The fourth-order valence-electron chi connectivity index (χ4n) is 1.19. The number of Topliss-reactive ketones (excluding diaryl/α,β-unsaturated/α-hetero) is 1. The summed E-state index contributed by atoms with van der Waals surface area (Å²) in [6, 6.07) is 5.62. The lowest BCUT2D eigenvalue weighted by atomic mass is 10.1. The Bertz CT molecular complexity index is 294. The Morgan fingerprint density at radius 3 is 2.54 bits per heavy atom. The minimum atomic E-state index is 0.0774. The first-order valence-electron chi connectivity index (χ1n) is 4.36. The zero-order valence-electron chi connectivity index (χ0n) is 8.26. The average Bonchev–Trinajstić information content (AvgIpc) is 2.16. The van der Waals surface area contributed by atoms with E-state index in [1.807, 2.05) is 12.1 Å². The first-order chi connectivity index (χ1) is 6.17. The number of methoxy groups -OCH3 is 1. The molecule has 0 heterocycles. The quantitative estimate of drug-likeness (QED) is 0.664. The zero-order chi connectivity index (χ0) is 9.84. The SMILES string of the molecule is CCc1cc(OC)cc(C(C)=O)c1. The molecule has 0 aliphatic heterocycles. The number of rotatable bonds is 3. The van der Waals surface area contributed by atoms with Crippen LogP contribution in [0.25, 0.3) is 0 Å². The van der Waals surface area contributed by atoms with Crippen molar-refractivity contribution < 1.29 is 9.53 Å². The molecular formula is C11H14O2. The van der Waals surface area contributed by atoms with Crippen molar-refractivity contribution in [2.75, 3.05) is 7.11 Å². The van der Waals surface area contributed by atoms with E-state index in [0.29, 0.717) is 0 Å². The van der Waals surface area contributed by atoms with Crippen molar-refractivity contribution in [3.8, 4) is 5.75 Å². The van der Waals surface area contributed by atoms with Crippen molar-refractivity contribution in [3.05, 3.63) is 29.3 Å². The van der Waals surface area contributed by atoms with Crippen molar-refractivity contribution in [1.82, 2.24) is 0 Å². The first-order valence-corrected chi connectivity index (χ1v) is 4.36. The topological polar surface area (TPSA) is 26.3 Å². The van der Waals surface area contributed by atoms with Crippen LogP contribution in [0.15, 0.2) is 18.2 Å². The van der Waals surface area contributed by atoms with E-state index >= 15 is 0 Å². The molecule has 1 aromatic carbocycles. The summed E-state index contributed by atoms with van der Waals surface area (Å²) >= 11 is 0. The Morgan fingerprint density at radius 2 is 2.08 bits per heavy atom. The molecule has 0 aliphatic rings. The van der Waals surface area contributed by atoms with Crippen molar-refractivity contribution in [2.45, 2.75) is 20.3 Å². The normalized spacial score (nSPS) is 9.77. The third kappa shape index (κ3) is 2.31. The molecule has 0 aromatic heterocycles. The van der Waals surface area contributed by atoms with Gasteiger partial charge in [-0.2, -0.15) is 0 Å². The van der Waals surface area contributed by atoms with Gasteiger partial charge in [-0.3, -0.25) is 4.79 Å². The number of hydrogen-bond donors (Lipinski definition) is 0. The van der Waals surface area contributed by atoms with Gasteiger partial charge >= 0.3 is 0 Å². The summed E-state index contributed by atoms with van der Waals surface area (Å²) in [5.41, 5.74) is 1.85.